The Bertz CT molecular complexity index is 610. The average molecular weight is 277 g/mol. The van der Waals surface area contributed by atoms with Crippen molar-refractivity contribution in [2.45, 2.75) is 13.5 Å². The van der Waals surface area contributed by atoms with Crippen molar-refractivity contribution in [3.8, 4) is 0 Å². The Hall–Kier alpha value is -2.15. The summed E-state index contributed by atoms with van der Waals surface area (Å²) in [6.07, 6.45) is 0. The van der Waals surface area contributed by atoms with Crippen LogP contribution in [0.4, 0.5) is 11.5 Å². The minimum Gasteiger partial charge on any atom is -0.396 e. The lowest BCUT2D eigenvalue weighted by Gasteiger charge is -2.19. The lowest BCUT2D eigenvalue weighted by molar-refractivity contribution is 0.0995. The van der Waals surface area contributed by atoms with Gasteiger partial charge in [0.25, 0.3) is 5.91 Å². The molecule has 0 atom stereocenters. The fourth-order valence-electron chi connectivity index (χ4n) is 1.70. The van der Waals surface area contributed by atoms with E-state index < -0.39 is 5.91 Å². The third-order valence-electron chi connectivity index (χ3n) is 2.59. The van der Waals surface area contributed by atoms with Gasteiger partial charge in [0, 0.05) is 12.4 Å². The number of anilines is 2. The molecule has 2 heterocycles. The zero-order valence-electron chi connectivity index (χ0n) is 10.8. The predicted molar refractivity (Wildman–Crippen MR) is 76.1 cm³/mol. The molecule has 1 amide bonds. The topological polar surface area (TPSA) is 98.1 Å². The number of carbonyl (C=O) groups excluding carboxylic acids is 1. The molecule has 0 spiro atoms. The Kier molecular flexibility index (Phi) is 3.66. The average Bonchev–Trinajstić information content (AvgIpc) is 2.74. The minimum absolute atomic E-state index is 0.200. The van der Waals surface area contributed by atoms with Crippen molar-refractivity contribution in [3.05, 3.63) is 33.9 Å². The quantitative estimate of drug-likeness (QED) is 0.874. The van der Waals surface area contributed by atoms with E-state index in [9.17, 15) is 4.79 Å². The van der Waals surface area contributed by atoms with Gasteiger partial charge < -0.3 is 16.4 Å². The highest BCUT2D eigenvalue weighted by molar-refractivity contribution is 7.09. The van der Waals surface area contributed by atoms with Gasteiger partial charge in [0.15, 0.2) is 5.82 Å². The van der Waals surface area contributed by atoms with Crippen molar-refractivity contribution in [3.63, 3.8) is 0 Å². The number of hydrogen-bond donors (Lipinski definition) is 2. The maximum atomic E-state index is 11.1. The number of rotatable bonds is 4. The van der Waals surface area contributed by atoms with Crippen LogP contribution in [0.5, 0.6) is 0 Å². The van der Waals surface area contributed by atoms with Gasteiger partial charge in [0.05, 0.1) is 22.9 Å². The molecule has 19 heavy (non-hydrogen) atoms. The molecule has 2 aromatic rings. The first-order valence-electron chi connectivity index (χ1n) is 5.66. The standard InChI is InChI=1S/C12H15N5OS/c1-7-15-8(6-19-7)5-17(2)12-9(13)3-4-10(16-12)11(14)18/h3-4,6H,5,13H2,1-2H3,(H2,14,18). The second kappa shape index (κ2) is 5.23. The van der Waals surface area contributed by atoms with Crippen molar-refractivity contribution in [2.75, 3.05) is 17.7 Å². The molecule has 0 saturated heterocycles. The predicted octanol–water partition coefficient (Wildman–Crippen LogP) is 1.16. The van der Waals surface area contributed by atoms with Gasteiger partial charge in [0.1, 0.15) is 5.69 Å². The van der Waals surface area contributed by atoms with Gasteiger partial charge in [-0.2, -0.15) is 0 Å². The number of nitrogens with zero attached hydrogens (tertiary/aromatic N) is 3. The Morgan fingerprint density at radius 2 is 2.16 bits per heavy atom. The smallest absolute Gasteiger partial charge is 0.267 e. The first kappa shape index (κ1) is 13.3. The summed E-state index contributed by atoms with van der Waals surface area (Å²) in [5.74, 6) is -0.0406. The number of amides is 1. The molecule has 2 aromatic heterocycles. The minimum atomic E-state index is -0.570. The fraction of sp³-hybridized carbons (Fsp3) is 0.250. The molecule has 0 unspecified atom stereocenters. The first-order valence-corrected chi connectivity index (χ1v) is 6.54. The molecule has 6 nitrogen and oxygen atoms in total. The SMILES string of the molecule is Cc1nc(CN(C)c2nc(C(N)=O)ccc2N)cs1. The van der Waals surface area contributed by atoms with Crippen LogP contribution in [0.25, 0.3) is 0 Å². The van der Waals surface area contributed by atoms with Gasteiger partial charge in [-0.05, 0) is 19.1 Å². The van der Waals surface area contributed by atoms with E-state index in [2.05, 4.69) is 9.97 Å². The molecule has 7 heteroatoms. The number of aromatic nitrogens is 2. The lowest BCUT2D eigenvalue weighted by Crippen LogP contribution is -2.22. The molecule has 0 fully saturated rings. The van der Waals surface area contributed by atoms with Crippen LogP contribution in [0.2, 0.25) is 0 Å². The highest BCUT2D eigenvalue weighted by atomic mass is 32.1. The Morgan fingerprint density at radius 1 is 1.42 bits per heavy atom. The molecule has 2 rings (SSSR count). The van der Waals surface area contributed by atoms with Crippen molar-refractivity contribution >= 4 is 28.7 Å². The number of nitrogen functional groups attached to an aromatic ring is 1. The van der Waals surface area contributed by atoms with Crippen molar-refractivity contribution < 1.29 is 4.79 Å². The number of thiazole rings is 1. The van der Waals surface area contributed by atoms with Gasteiger partial charge >= 0.3 is 0 Å². The second-order valence-corrected chi connectivity index (χ2v) is 5.25. The summed E-state index contributed by atoms with van der Waals surface area (Å²) in [7, 11) is 1.85. The van der Waals surface area contributed by atoms with E-state index in [1.54, 1.807) is 17.4 Å². The molecule has 0 aliphatic rings. The summed E-state index contributed by atoms with van der Waals surface area (Å²) in [5, 5.41) is 3.00. The first-order chi connectivity index (χ1) is 8.97. The van der Waals surface area contributed by atoms with E-state index in [-0.39, 0.29) is 5.69 Å². The molecular formula is C12H15N5OS. The van der Waals surface area contributed by atoms with Gasteiger partial charge in [-0.1, -0.05) is 0 Å². The third kappa shape index (κ3) is 3.00. The second-order valence-electron chi connectivity index (χ2n) is 4.19. The van der Waals surface area contributed by atoms with Gasteiger partial charge in [-0.25, -0.2) is 9.97 Å². The van der Waals surface area contributed by atoms with Crippen LogP contribution in [0.1, 0.15) is 21.2 Å². The van der Waals surface area contributed by atoms with Crippen LogP contribution in [-0.2, 0) is 6.54 Å². The van der Waals surface area contributed by atoms with Crippen molar-refractivity contribution in [1.82, 2.24) is 9.97 Å². The monoisotopic (exact) mass is 277 g/mol. The molecule has 0 bridgehead atoms. The zero-order chi connectivity index (χ0) is 14.0. The zero-order valence-corrected chi connectivity index (χ0v) is 11.6. The van der Waals surface area contributed by atoms with Crippen molar-refractivity contribution in [2.24, 2.45) is 5.73 Å². The summed E-state index contributed by atoms with van der Waals surface area (Å²) < 4.78 is 0. The molecule has 0 radical (unpaired) electrons. The highest BCUT2D eigenvalue weighted by Gasteiger charge is 2.12. The molecule has 4 N–H and O–H groups in total. The van der Waals surface area contributed by atoms with Gasteiger partial charge in [0.2, 0.25) is 0 Å². The van der Waals surface area contributed by atoms with Crippen LogP contribution < -0.4 is 16.4 Å². The van der Waals surface area contributed by atoms with E-state index >= 15 is 0 Å². The van der Waals surface area contributed by atoms with Gasteiger partial charge in [-0.3, -0.25) is 4.79 Å². The van der Waals surface area contributed by atoms with E-state index in [1.165, 1.54) is 6.07 Å². The number of aryl methyl sites for hydroxylation is 1. The Labute approximate surface area is 115 Å². The summed E-state index contributed by atoms with van der Waals surface area (Å²) >= 11 is 1.59. The molecule has 0 aromatic carbocycles. The van der Waals surface area contributed by atoms with Crippen LogP contribution in [0, 0.1) is 6.92 Å². The Morgan fingerprint density at radius 3 is 2.74 bits per heavy atom. The molecular weight excluding hydrogens is 262 g/mol. The van der Waals surface area contributed by atoms with Crippen molar-refractivity contribution in [1.29, 1.82) is 0 Å². The number of nitrogens with two attached hydrogens (primary N) is 2. The number of hydrogen-bond acceptors (Lipinski definition) is 6. The van der Waals surface area contributed by atoms with Crippen LogP contribution in [-0.4, -0.2) is 22.9 Å². The number of pyridine rings is 1. The molecule has 100 valence electrons. The van der Waals surface area contributed by atoms with E-state index in [0.29, 0.717) is 18.1 Å². The number of primary amides is 1. The molecule has 0 saturated carbocycles. The summed E-state index contributed by atoms with van der Waals surface area (Å²) in [6, 6.07) is 3.15. The van der Waals surface area contributed by atoms with Crippen LogP contribution >= 0.6 is 11.3 Å². The summed E-state index contributed by atoms with van der Waals surface area (Å²) in [5.41, 5.74) is 12.7. The van der Waals surface area contributed by atoms with Crippen LogP contribution in [0.15, 0.2) is 17.5 Å². The molecule has 0 aliphatic heterocycles. The van der Waals surface area contributed by atoms with Gasteiger partial charge in [-0.15, -0.1) is 11.3 Å². The highest BCUT2D eigenvalue weighted by Crippen LogP contribution is 2.21. The molecule has 0 aliphatic carbocycles. The normalized spacial score (nSPS) is 10.4. The Balaban J connectivity index is 2.25. The maximum Gasteiger partial charge on any atom is 0.267 e. The third-order valence-corrected chi connectivity index (χ3v) is 3.41. The van der Waals surface area contributed by atoms with E-state index in [0.717, 1.165) is 10.7 Å². The van der Waals surface area contributed by atoms with Crippen LogP contribution in [0.3, 0.4) is 0 Å². The lowest BCUT2D eigenvalue weighted by atomic mass is 10.3. The van der Waals surface area contributed by atoms with E-state index in [4.69, 9.17) is 11.5 Å². The summed E-state index contributed by atoms with van der Waals surface area (Å²) in [4.78, 5) is 21.5. The largest absolute Gasteiger partial charge is 0.396 e. The number of carbonyl (C=O) groups is 1. The maximum absolute atomic E-state index is 11.1. The van der Waals surface area contributed by atoms with E-state index in [1.807, 2.05) is 24.3 Å². The fourth-order valence-corrected chi connectivity index (χ4v) is 2.30. The summed E-state index contributed by atoms with van der Waals surface area (Å²) in [6.45, 7) is 2.53.